The van der Waals surface area contributed by atoms with Gasteiger partial charge in [-0.05, 0) is 30.0 Å². The Kier molecular flexibility index (Phi) is 4.44. The van der Waals surface area contributed by atoms with E-state index in [4.69, 9.17) is 21.4 Å². The SMILES string of the molecule is COc1cc2ccnc(Cl)c2cc1CN1CC[C@H](NC(=O)O)C1=O. The zero-order chi connectivity index (χ0) is 17.3. The molecule has 2 amide bonds. The summed E-state index contributed by atoms with van der Waals surface area (Å²) in [5.74, 6) is 0.407. The molecule has 1 aromatic carbocycles. The number of carboxylic acid groups (broad SMARTS) is 1. The van der Waals surface area contributed by atoms with Gasteiger partial charge in [0.05, 0.1) is 7.11 Å². The molecule has 24 heavy (non-hydrogen) atoms. The molecule has 3 rings (SSSR count). The number of likely N-dealkylation sites (tertiary alicyclic amines) is 1. The van der Waals surface area contributed by atoms with Crippen molar-refractivity contribution in [3.05, 3.63) is 35.1 Å². The quantitative estimate of drug-likeness (QED) is 0.826. The second kappa shape index (κ2) is 6.52. The van der Waals surface area contributed by atoms with Crippen LogP contribution in [0.3, 0.4) is 0 Å². The van der Waals surface area contributed by atoms with Crippen LogP contribution in [0.2, 0.25) is 5.15 Å². The van der Waals surface area contributed by atoms with E-state index in [0.29, 0.717) is 30.4 Å². The van der Waals surface area contributed by atoms with Crippen molar-refractivity contribution in [2.75, 3.05) is 13.7 Å². The van der Waals surface area contributed by atoms with Crippen LogP contribution >= 0.6 is 11.6 Å². The smallest absolute Gasteiger partial charge is 0.405 e. The van der Waals surface area contributed by atoms with Crippen molar-refractivity contribution in [2.24, 2.45) is 0 Å². The van der Waals surface area contributed by atoms with Gasteiger partial charge in [0.25, 0.3) is 0 Å². The summed E-state index contributed by atoms with van der Waals surface area (Å²) >= 11 is 6.14. The summed E-state index contributed by atoms with van der Waals surface area (Å²) in [7, 11) is 1.56. The molecule has 2 heterocycles. The number of aromatic nitrogens is 1. The van der Waals surface area contributed by atoms with Crippen molar-refractivity contribution in [1.82, 2.24) is 15.2 Å². The van der Waals surface area contributed by atoms with Crippen molar-refractivity contribution >= 4 is 34.4 Å². The fourth-order valence-corrected chi connectivity index (χ4v) is 3.13. The van der Waals surface area contributed by atoms with Gasteiger partial charge in [-0.3, -0.25) is 4.79 Å². The summed E-state index contributed by atoms with van der Waals surface area (Å²) in [4.78, 5) is 28.7. The Hall–Kier alpha value is -2.54. The van der Waals surface area contributed by atoms with Crippen LogP contribution in [-0.2, 0) is 11.3 Å². The van der Waals surface area contributed by atoms with E-state index in [0.717, 1.165) is 16.3 Å². The van der Waals surface area contributed by atoms with Crippen LogP contribution in [0, 0.1) is 0 Å². The number of nitrogens with one attached hydrogen (secondary N) is 1. The molecule has 0 unspecified atom stereocenters. The van der Waals surface area contributed by atoms with Crippen molar-refractivity contribution < 1.29 is 19.4 Å². The topological polar surface area (TPSA) is 91.8 Å². The zero-order valence-electron chi connectivity index (χ0n) is 13.0. The standard InChI is InChI=1S/C16H16ClN3O4/c1-24-13-7-9-2-4-18-14(17)11(9)6-10(13)8-20-5-3-12(15(20)21)19-16(22)23/h2,4,6-7,12,19H,3,5,8H2,1H3,(H,22,23)/t12-/m0/s1. The number of carbonyl (C=O) groups is 2. The maximum Gasteiger partial charge on any atom is 0.405 e. The van der Waals surface area contributed by atoms with E-state index in [9.17, 15) is 9.59 Å². The van der Waals surface area contributed by atoms with Crippen LogP contribution in [0.5, 0.6) is 5.75 Å². The molecule has 1 aliphatic heterocycles. The largest absolute Gasteiger partial charge is 0.496 e. The third-order valence-electron chi connectivity index (χ3n) is 4.07. The van der Waals surface area contributed by atoms with Gasteiger partial charge in [-0.2, -0.15) is 0 Å². The summed E-state index contributed by atoms with van der Waals surface area (Å²) in [6, 6.07) is 4.85. The van der Waals surface area contributed by atoms with Crippen LogP contribution in [0.15, 0.2) is 24.4 Å². The molecule has 1 aromatic heterocycles. The second-order valence-corrected chi connectivity index (χ2v) is 5.90. The predicted octanol–water partition coefficient (Wildman–Crippen LogP) is 2.27. The molecule has 1 saturated heterocycles. The number of benzene rings is 1. The number of halogens is 1. The van der Waals surface area contributed by atoms with E-state index >= 15 is 0 Å². The number of fused-ring (bicyclic) bond motifs is 1. The van der Waals surface area contributed by atoms with Gasteiger partial charge < -0.3 is 20.1 Å². The monoisotopic (exact) mass is 349 g/mol. The van der Waals surface area contributed by atoms with E-state index in [1.807, 2.05) is 18.2 Å². The highest BCUT2D eigenvalue weighted by Crippen LogP contribution is 2.31. The van der Waals surface area contributed by atoms with Crippen LogP contribution in [-0.4, -0.2) is 46.7 Å². The summed E-state index contributed by atoms with van der Waals surface area (Å²) in [5, 5.41) is 13.1. The van der Waals surface area contributed by atoms with E-state index in [2.05, 4.69) is 10.3 Å². The maximum atomic E-state index is 12.3. The number of hydrogen-bond donors (Lipinski definition) is 2. The summed E-state index contributed by atoms with van der Waals surface area (Å²) in [5.41, 5.74) is 0.796. The minimum absolute atomic E-state index is 0.239. The number of carbonyl (C=O) groups excluding carboxylic acids is 1. The average Bonchev–Trinajstić information content (AvgIpc) is 2.88. The van der Waals surface area contributed by atoms with Gasteiger partial charge >= 0.3 is 6.09 Å². The van der Waals surface area contributed by atoms with Gasteiger partial charge in [0.2, 0.25) is 5.91 Å². The summed E-state index contributed by atoms with van der Waals surface area (Å²) in [6.45, 7) is 0.798. The Morgan fingerprint density at radius 1 is 1.54 bits per heavy atom. The van der Waals surface area contributed by atoms with E-state index in [-0.39, 0.29) is 5.91 Å². The first-order valence-electron chi connectivity index (χ1n) is 7.39. The maximum absolute atomic E-state index is 12.3. The van der Waals surface area contributed by atoms with Crippen LogP contribution in [0.4, 0.5) is 4.79 Å². The minimum atomic E-state index is -1.20. The van der Waals surface area contributed by atoms with Gasteiger partial charge in [0, 0.05) is 30.2 Å². The Bertz CT molecular complexity index is 811. The average molecular weight is 350 g/mol. The molecule has 0 bridgehead atoms. The molecule has 1 atom stereocenters. The molecular weight excluding hydrogens is 334 g/mol. The zero-order valence-corrected chi connectivity index (χ0v) is 13.7. The molecule has 2 N–H and O–H groups in total. The third kappa shape index (κ3) is 3.07. The fourth-order valence-electron chi connectivity index (χ4n) is 2.91. The van der Waals surface area contributed by atoms with Crippen LogP contribution in [0.1, 0.15) is 12.0 Å². The lowest BCUT2D eigenvalue weighted by Crippen LogP contribution is -2.40. The lowest BCUT2D eigenvalue weighted by atomic mass is 10.1. The molecule has 7 nitrogen and oxygen atoms in total. The van der Waals surface area contributed by atoms with Gasteiger partial charge in [-0.25, -0.2) is 9.78 Å². The highest BCUT2D eigenvalue weighted by Gasteiger charge is 2.33. The number of ether oxygens (including phenoxy) is 1. The Morgan fingerprint density at radius 2 is 2.33 bits per heavy atom. The molecule has 0 saturated carbocycles. The number of amides is 2. The number of pyridine rings is 1. The third-order valence-corrected chi connectivity index (χ3v) is 4.37. The minimum Gasteiger partial charge on any atom is -0.496 e. The molecular formula is C16H16ClN3O4. The second-order valence-electron chi connectivity index (χ2n) is 5.54. The lowest BCUT2D eigenvalue weighted by Gasteiger charge is -2.19. The first kappa shape index (κ1) is 16.3. The number of nitrogens with zero attached hydrogens (tertiary/aromatic N) is 2. The number of methoxy groups -OCH3 is 1. The van der Waals surface area contributed by atoms with Gasteiger partial charge in [0.1, 0.15) is 16.9 Å². The lowest BCUT2D eigenvalue weighted by molar-refractivity contribution is -0.129. The first-order chi connectivity index (χ1) is 11.5. The van der Waals surface area contributed by atoms with Crippen LogP contribution in [0.25, 0.3) is 10.8 Å². The summed E-state index contributed by atoms with van der Waals surface area (Å²) in [6.07, 6.45) is 0.871. The van der Waals surface area contributed by atoms with Crippen molar-refractivity contribution in [2.45, 2.75) is 19.0 Å². The van der Waals surface area contributed by atoms with E-state index in [1.54, 1.807) is 18.2 Å². The molecule has 8 heteroatoms. The Balaban J connectivity index is 1.88. The van der Waals surface area contributed by atoms with Crippen molar-refractivity contribution in [3.8, 4) is 5.75 Å². The molecule has 126 valence electrons. The predicted molar refractivity (Wildman–Crippen MR) is 88.3 cm³/mol. The van der Waals surface area contributed by atoms with E-state index < -0.39 is 12.1 Å². The fraction of sp³-hybridized carbons (Fsp3) is 0.312. The molecule has 0 spiro atoms. The molecule has 0 radical (unpaired) electrons. The normalized spacial score (nSPS) is 17.3. The molecule has 2 aromatic rings. The van der Waals surface area contributed by atoms with Gasteiger partial charge in [-0.15, -0.1) is 0 Å². The highest BCUT2D eigenvalue weighted by molar-refractivity contribution is 6.34. The van der Waals surface area contributed by atoms with Crippen LogP contribution < -0.4 is 10.1 Å². The van der Waals surface area contributed by atoms with Gasteiger partial charge in [0.15, 0.2) is 0 Å². The summed E-state index contributed by atoms with van der Waals surface area (Å²) < 4.78 is 5.42. The molecule has 1 aliphatic rings. The Labute approximate surface area is 143 Å². The first-order valence-corrected chi connectivity index (χ1v) is 7.76. The number of rotatable bonds is 4. The van der Waals surface area contributed by atoms with E-state index in [1.165, 1.54) is 0 Å². The van der Waals surface area contributed by atoms with Crippen molar-refractivity contribution in [1.29, 1.82) is 0 Å². The van der Waals surface area contributed by atoms with Gasteiger partial charge in [-0.1, -0.05) is 11.6 Å². The molecule has 1 fully saturated rings. The highest BCUT2D eigenvalue weighted by atomic mass is 35.5. The number of hydrogen-bond acceptors (Lipinski definition) is 4. The Morgan fingerprint density at radius 3 is 3.04 bits per heavy atom. The van der Waals surface area contributed by atoms with Crippen molar-refractivity contribution in [3.63, 3.8) is 0 Å². The molecule has 0 aliphatic carbocycles.